The Bertz CT molecular complexity index is 1040. The molecule has 2 heterocycles. The van der Waals surface area contributed by atoms with E-state index in [1.54, 1.807) is 0 Å². The fourth-order valence-corrected chi connectivity index (χ4v) is 3.56. The molecule has 0 aliphatic carbocycles. The van der Waals surface area contributed by atoms with Crippen molar-refractivity contribution in [2.45, 2.75) is 32.5 Å². The maximum Gasteiger partial charge on any atom is 0.305 e. The summed E-state index contributed by atoms with van der Waals surface area (Å²) in [5.41, 5.74) is 3.12. The van der Waals surface area contributed by atoms with Gasteiger partial charge in [-0.15, -0.1) is 0 Å². The van der Waals surface area contributed by atoms with Gasteiger partial charge in [-0.1, -0.05) is 36.4 Å². The molecule has 3 aromatic rings. The topological polar surface area (TPSA) is 72.7 Å². The molecule has 1 aliphatic heterocycles. The summed E-state index contributed by atoms with van der Waals surface area (Å²) in [5.74, 6) is 0.886. The van der Waals surface area contributed by atoms with Gasteiger partial charge in [0, 0.05) is 30.1 Å². The lowest BCUT2D eigenvalue weighted by atomic mass is 10.2. The van der Waals surface area contributed by atoms with Gasteiger partial charge in [-0.3, -0.25) is 4.79 Å². The van der Waals surface area contributed by atoms with E-state index in [4.69, 9.17) is 14.6 Å². The number of rotatable bonds is 8. The van der Waals surface area contributed by atoms with E-state index in [9.17, 15) is 4.79 Å². The van der Waals surface area contributed by atoms with Crippen molar-refractivity contribution < 1.29 is 19.4 Å². The van der Waals surface area contributed by atoms with Crippen molar-refractivity contribution in [3.63, 3.8) is 0 Å². The highest BCUT2D eigenvalue weighted by atomic mass is 16.5. The molecule has 1 atom stereocenters. The van der Waals surface area contributed by atoms with Gasteiger partial charge in [0.05, 0.1) is 24.2 Å². The molecule has 2 aromatic carbocycles. The zero-order chi connectivity index (χ0) is 20.2. The SMILES string of the molecule is CC1=C(CCOc2cccc3c2ccn3CCC(=O)O)NC(c2ccccc2)O1. The number of hydrogen-bond acceptors (Lipinski definition) is 4. The number of carbonyl (C=O) groups is 1. The summed E-state index contributed by atoms with van der Waals surface area (Å²) in [6.07, 6.45) is 2.56. The number of carboxylic acid groups (broad SMARTS) is 1. The van der Waals surface area contributed by atoms with E-state index in [1.165, 1.54) is 0 Å². The van der Waals surface area contributed by atoms with E-state index >= 15 is 0 Å². The highest BCUT2D eigenvalue weighted by molar-refractivity contribution is 5.86. The van der Waals surface area contributed by atoms with Gasteiger partial charge in [0.15, 0.2) is 6.23 Å². The number of ether oxygens (including phenoxy) is 2. The number of aliphatic carboxylic acids is 1. The zero-order valence-electron chi connectivity index (χ0n) is 16.3. The van der Waals surface area contributed by atoms with Gasteiger partial charge in [-0.05, 0) is 25.1 Å². The van der Waals surface area contributed by atoms with Crippen molar-refractivity contribution in [2.24, 2.45) is 0 Å². The van der Waals surface area contributed by atoms with Gasteiger partial charge < -0.3 is 24.5 Å². The van der Waals surface area contributed by atoms with E-state index < -0.39 is 5.97 Å². The summed E-state index contributed by atoms with van der Waals surface area (Å²) in [5, 5.41) is 13.3. The largest absolute Gasteiger partial charge is 0.492 e. The number of nitrogens with one attached hydrogen (secondary N) is 1. The highest BCUT2D eigenvalue weighted by Gasteiger charge is 2.23. The summed E-state index contributed by atoms with van der Waals surface area (Å²) in [6, 6.07) is 17.9. The number of nitrogens with zero attached hydrogens (tertiary/aromatic N) is 1. The van der Waals surface area contributed by atoms with Crippen LogP contribution in [0, 0.1) is 0 Å². The molecular formula is C23H24N2O4. The maximum absolute atomic E-state index is 10.8. The number of allylic oxidation sites excluding steroid dienone is 1. The Balaban J connectivity index is 1.38. The van der Waals surface area contributed by atoms with Crippen molar-refractivity contribution in [1.29, 1.82) is 0 Å². The predicted molar refractivity (Wildman–Crippen MR) is 110 cm³/mol. The minimum atomic E-state index is -0.803. The van der Waals surface area contributed by atoms with Gasteiger partial charge in [-0.2, -0.15) is 0 Å². The molecule has 150 valence electrons. The Morgan fingerprint density at radius 2 is 2.00 bits per heavy atom. The smallest absolute Gasteiger partial charge is 0.305 e. The van der Waals surface area contributed by atoms with Crippen LogP contribution in [-0.2, 0) is 16.1 Å². The Hall–Kier alpha value is -3.41. The summed E-state index contributed by atoms with van der Waals surface area (Å²) in [4.78, 5) is 10.8. The molecule has 0 saturated heterocycles. The molecule has 0 amide bonds. The van der Waals surface area contributed by atoms with E-state index in [0.29, 0.717) is 19.6 Å². The molecule has 0 spiro atoms. The van der Waals surface area contributed by atoms with Gasteiger partial charge in [0.2, 0.25) is 0 Å². The second-order valence-corrected chi connectivity index (χ2v) is 7.03. The van der Waals surface area contributed by atoms with E-state index in [0.717, 1.165) is 33.7 Å². The number of benzene rings is 2. The third kappa shape index (κ3) is 4.21. The van der Waals surface area contributed by atoms with Gasteiger partial charge in [0.25, 0.3) is 0 Å². The molecule has 2 N–H and O–H groups in total. The molecule has 0 radical (unpaired) electrons. The van der Waals surface area contributed by atoms with Crippen LogP contribution < -0.4 is 10.1 Å². The van der Waals surface area contributed by atoms with Crippen LogP contribution in [0.4, 0.5) is 0 Å². The fraction of sp³-hybridized carbons (Fsp3) is 0.261. The Kier molecular flexibility index (Phi) is 5.42. The molecule has 1 unspecified atom stereocenters. The highest BCUT2D eigenvalue weighted by Crippen LogP contribution is 2.30. The maximum atomic E-state index is 10.8. The first-order valence-electron chi connectivity index (χ1n) is 9.72. The lowest BCUT2D eigenvalue weighted by molar-refractivity contribution is -0.137. The third-order valence-corrected chi connectivity index (χ3v) is 5.08. The van der Waals surface area contributed by atoms with Crippen LogP contribution in [0.1, 0.15) is 31.6 Å². The van der Waals surface area contributed by atoms with E-state index in [1.807, 2.05) is 72.3 Å². The summed E-state index contributed by atoms with van der Waals surface area (Å²) < 4.78 is 13.9. The van der Waals surface area contributed by atoms with Crippen molar-refractivity contribution in [1.82, 2.24) is 9.88 Å². The first-order chi connectivity index (χ1) is 14.1. The molecule has 0 saturated carbocycles. The monoisotopic (exact) mass is 392 g/mol. The van der Waals surface area contributed by atoms with Crippen LogP contribution in [0.3, 0.4) is 0 Å². The minimum absolute atomic E-state index is 0.0938. The van der Waals surface area contributed by atoms with Crippen molar-refractivity contribution >= 4 is 16.9 Å². The molecular weight excluding hydrogens is 368 g/mol. The standard InChI is InChI=1S/C23H24N2O4/c1-16-19(24-23(29-16)17-6-3-2-4-7-17)12-15-28-21-9-5-8-20-18(21)10-13-25(20)14-11-22(26)27/h2-10,13,23-24H,11-12,14-15H2,1H3,(H,26,27). The number of hydrogen-bond donors (Lipinski definition) is 2. The molecule has 29 heavy (non-hydrogen) atoms. The number of fused-ring (bicyclic) bond motifs is 1. The second kappa shape index (κ2) is 8.31. The molecule has 1 aliphatic rings. The lowest BCUT2D eigenvalue weighted by Gasteiger charge is -2.13. The molecule has 0 bridgehead atoms. The average Bonchev–Trinajstić information content (AvgIpc) is 3.31. The predicted octanol–water partition coefficient (Wildman–Crippen LogP) is 4.44. The Labute approximate surface area is 169 Å². The van der Waals surface area contributed by atoms with Crippen LogP contribution in [0.2, 0.25) is 0 Å². The third-order valence-electron chi connectivity index (χ3n) is 5.08. The van der Waals surface area contributed by atoms with Crippen molar-refractivity contribution in [3.8, 4) is 5.75 Å². The van der Waals surface area contributed by atoms with Crippen molar-refractivity contribution in [2.75, 3.05) is 6.61 Å². The molecule has 6 heteroatoms. The van der Waals surface area contributed by atoms with E-state index in [2.05, 4.69) is 5.32 Å². The van der Waals surface area contributed by atoms with E-state index in [-0.39, 0.29) is 12.6 Å². The van der Waals surface area contributed by atoms with Crippen LogP contribution in [0.25, 0.3) is 10.9 Å². The lowest BCUT2D eigenvalue weighted by Crippen LogP contribution is -2.16. The molecule has 4 rings (SSSR count). The van der Waals surface area contributed by atoms with Crippen LogP contribution >= 0.6 is 0 Å². The van der Waals surface area contributed by atoms with Crippen LogP contribution in [0.5, 0.6) is 5.75 Å². The number of carboxylic acids is 1. The normalized spacial score (nSPS) is 16.0. The first kappa shape index (κ1) is 18.9. The summed E-state index contributed by atoms with van der Waals surface area (Å²) >= 11 is 0. The van der Waals surface area contributed by atoms with Gasteiger partial charge in [0.1, 0.15) is 11.5 Å². The van der Waals surface area contributed by atoms with Gasteiger partial charge >= 0.3 is 5.97 Å². The zero-order valence-corrected chi connectivity index (χ0v) is 16.3. The van der Waals surface area contributed by atoms with Crippen LogP contribution in [-0.4, -0.2) is 22.2 Å². The molecule has 6 nitrogen and oxygen atoms in total. The minimum Gasteiger partial charge on any atom is -0.492 e. The Morgan fingerprint density at radius 1 is 1.17 bits per heavy atom. The second-order valence-electron chi connectivity index (χ2n) is 7.03. The quantitative estimate of drug-likeness (QED) is 0.593. The average molecular weight is 392 g/mol. The number of aromatic nitrogens is 1. The Morgan fingerprint density at radius 3 is 2.79 bits per heavy atom. The molecule has 1 aromatic heterocycles. The number of aryl methyl sites for hydroxylation is 1. The summed E-state index contributed by atoms with van der Waals surface area (Å²) in [7, 11) is 0. The van der Waals surface area contributed by atoms with Crippen molar-refractivity contribution in [3.05, 3.63) is 77.8 Å². The first-order valence-corrected chi connectivity index (χ1v) is 9.72. The van der Waals surface area contributed by atoms with Crippen LogP contribution in [0.15, 0.2) is 72.3 Å². The summed E-state index contributed by atoms with van der Waals surface area (Å²) in [6.45, 7) is 2.93. The molecule has 0 fully saturated rings. The fourth-order valence-electron chi connectivity index (χ4n) is 3.56. The van der Waals surface area contributed by atoms with Gasteiger partial charge in [-0.25, -0.2) is 0 Å².